The Morgan fingerprint density at radius 2 is 2.00 bits per heavy atom. The summed E-state index contributed by atoms with van der Waals surface area (Å²) in [6, 6.07) is 6.76. The highest BCUT2D eigenvalue weighted by Gasteiger charge is 2.32. The lowest BCUT2D eigenvalue weighted by Gasteiger charge is -2.39. The van der Waals surface area contributed by atoms with E-state index in [9.17, 15) is 0 Å². The lowest BCUT2D eigenvalue weighted by Crippen LogP contribution is -2.35. The smallest absolute Gasteiger partial charge is 0.0666 e. The third-order valence-electron chi connectivity index (χ3n) is 3.94. The second kappa shape index (κ2) is 5.13. The van der Waals surface area contributed by atoms with Crippen molar-refractivity contribution in [3.8, 4) is 0 Å². The Labute approximate surface area is 116 Å². The zero-order valence-corrected chi connectivity index (χ0v) is 12.6. The highest BCUT2D eigenvalue weighted by Crippen LogP contribution is 2.40. The molecule has 1 aromatic rings. The molecule has 1 fully saturated rings. The van der Waals surface area contributed by atoms with Crippen LogP contribution in [0.25, 0.3) is 0 Å². The van der Waals surface area contributed by atoms with Crippen molar-refractivity contribution in [1.82, 2.24) is 0 Å². The molecule has 18 heavy (non-hydrogen) atoms. The van der Waals surface area contributed by atoms with Crippen LogP contribution in [0.4, 0.5) is 5.69 Å². The van der Waals surface area contributed by atoms with Gasteiger partial charge in [-0.15, -0.1) is 0 Å². The van der Waals surface area contributed by atoms with Gasteiger partial charge in [0.15, 0.2) is 0 Å². The molecule has 2 rings (SSSR count). The molecule has 0 aliphatic heterocycles. The average molecular weight is 266 g/mol. The summed E-state index contributed by atoms with van der Waals surface area (Å²) in [5.41, 5.74) is 2.67. The van der Waals surface area contributed by atoms with E-state index in [2.05, 4.69) is 51.2 Å². The van der Waals surface area contributed by atoms with E-state index in [-0.39, 0.29) is 0 Å². The Bertz CT molecular complexity index is 425. The lowest BCUT2D eigenvalue weighted by molar-refractivity contribution is 0.178. The zero-order chi connectivity index (χ0) is 13.3. The molecule has 1 aliphatic rings. The van der Waals surface area contributed by atoms with Gasteiger partial charge in [-0.05, 0) is 49.1 Å². The monoisotopic (exact) mass is 265 g/mol. The van der Waals surface area contributed by atoms with Gasteiger partial charge in [-0.3, -0.25) is 0 Å². The summed E-state index contributed by atoms with van der Waals surface area (Å²) in [5, 5.41) is 4.51. The molecule has 0 amide bonds. The highest BCUT2D eigenvalue weighted by atomic mass is 35.5. The van der Waals surface area contributed by atoms with Crippen LogP contribution in [0.5, 0.6) is 0 Å². The molecule has 1 aliphatic carbocycles. The normalized spacial score (nSPS) is 26.9. The molecule has 1 aromatic carbocycles. The fraction of sp³-hybridized carbons (Fsp3) is 0.625. The molecule has 2 unspecified atom stereocenters. The van der Waals surface area contributed by atoms with Gasteiger partial charge in [-0.25, -0.2) is 0 Å². The maximum absolute atomic E-state index is 6.36. The molecule has 2 atom stereocenters. The number of nitrogens with one attached hydrogen (secondary N) is 1. The molecule has 100 valence electrons. The van der Waals surface area contributed by atoms with Crippen molar-refractivity contribution in [3.63, 3.8) is 0 Å². The van der Waals surface area contributed by atoms with Crippen LogP contribution >= 0.6 is 11.6 Å². The lowest BCUT2D eigenvalue weighted by atomic mass is 9.70. The van der Waals surface area contributed by atoms with Crippen LogP contribution < -0.4 is 5.32 Å². The fourth-order valence-corrected chi connectivity index (χ4v) is 3.62. The molecule has 2 heteroatoms. The highest BCUT2D eigenvalue weighted by molar-refractivity contribution is 6.34. The van der Waals surface area contributed by atoms with Crippen LogP contribution in [0.3, 0.4) is 0 Å². The van der Waals surface area contributed by atoms with E-state index in [4.69, 9.17) is 11.6 Å². The molecule has 0 saturated heterocycles. The van der Waals surface area contributed by atoms with E-state index in [1.165, 1.54) is 19.3 Å². The van der Waals surface area contributed by atoms with Crippen molar-refractivity contribution in [1.29, 1.82) is 0 Å². The Hall–Kier alpha value is -0.690. The Kier molecular flexibility index (Phi) is 3.91. The van der Waals surface area contributed by atoms with Crippen LogP contribution in [0.15, 0.2) is 18.2 Å². The number of aryl methyl sites for hydroxylation is 1. The van der Waals surface area contributed by atoms with Crippen LogP contribution in [0.2, 0.25) is 5.02 Å². The molecule has 1 nitrogen and oxygen atoms in total. The molecule has 0 bridgehead atoms. The van der Waals surface area contributed by atoms with E-state index >= 15 is 0 Å². The number of rotatable bonds is 2. The fourth-order valence-electron chi connectivity index (χ4n) is 3.43. The van der Waals surface area contributed by atoms with Crippen LogP contribution in [-0.2, 0) is 0 Å². The summed E-state index contributed by atoms with van der Waals surface area (Å²) in [6.07, 6.45) is 3.79. The minimum absolute atomic E-state index is 0.436. The van der Waals surface area contributed by atoms with Gasteiger partial charge in [0.05, 0.1) is 10.7 Å². The Balaban J connectivity index is 2.11. The minimum atomic E-state index is 0.436. The number of benzene rings is 1. The SMILES string of the molecule is Cc1cccc(NC2CC(C)CC(C)(C)C2)c1Cl. The average Bonchev–Trinajstić information content (AvgIpc) is 2.22. The summed E-state index contributed by atoms with van der Waals surface area (Å²) in [7, 11) is 0. The molecule has 0 aromatic heterocycles. The van der Waals surface area contributed by atoms with Crippen molar-refractivity contribution in [2.24, 2.45) is 11.3 Å². The second-order valence-electron chi connectivity index (χ2n) is 6.69. The van der Waals surface area contributed by atoms with E-state index in [0.29, 0.717) is 11.5 Å². The predicted molar refractivity (Wildman–Crippen MR) is 80.4 cm³/mol. The van der Waals surface area contributed by atoms with Crippen molar-refractivity contribution in [2.75, 3.05) is 5.32 Å². The van der Waals surface area contributed by atoms with E-state index in [0.717, 1.165) is 22.2 Å². The molecule has 1 saturated carbocycles. The first-order valence-electron chi connectivity index (χ1n) is 6.89. The molecule has 0 spiro atoms. The van der Waals surface area contributed by atoms with Crippen LogP contribution in [0.1, 0.15) is 45.6 Å². The maximum atomic E-state index is 6.36. The van der Waals surface area contributed by atoms with Gasteiger partial charge in [0.1, 0.15) is 0 Å². The van der Waals surface area contributed by atoms with Crippen molar-refractivity contribution in [3.05, 3.63) is 28.8 Å². The summed E-state index contributed by atoms with van der Waals surface area (Å²) >= 11 is 6.36. The van der Waals surface area contributed by atoms with Gasteiger partial charge in [-0.1, -0.05) is 44.5 Å². The summed E-state index contributed by atoms with van der Waals surface area (Å²) in [4.78, 5) is 0. The van der Waals surface area contributed by atoms with E-state index in [1.807, 2.05) is 0 Å². The van der Waals surface area contributed by atoms with E-state index < -0.39 is 0 Å². The summed E-state index contributed by atoms with van der Waals surface area (Å²) < 4.78 is 0. The van der Waals surface area contributed by atoms with Crippen molar-refractivity contribution in [2.45, 2.75) is 53.0 Å². The first kappa shape index (κ1) is 13.7. The quantitative estimate of drug-likeness (QED) is 0.768. The number of hydrogen-bond acceptors (Lipinski definition) is 1. The third-order valence-corrected chi connectivity index (χ3v) is 4.44. The van der Waals surface area contributed by atoms with Gasteiger partial charge in [0.25, 0.3) is 0 Å². The van der Waals surface area contributed by atoms with Crippen molar-refractivity contribution < 1.29 is 0 Å². The minimum Gasteiger partial charge on any atom is -0.381 e. The topological polar surface area (TPSA) is 12.0 Å². The Morgan fingerprint density at radius 1 is 1.28 bits per heavy atom. The molecule has 1 N–H and O–H groups in total. The summed E-state index contributed by atoms with van der Waals surface area (Å²) in [5.74, 6) is 0.787. The summed E-state index contributed by atoms with van der Waals surface area (Å²) in [6.45, 7) is 9.15. The van der Waals surface area contributed by atoms with Crippen LogP contribution in [0, 0.1) is 18.3 Å². The van der Waals surface area contributed by atoms with Gasteiger partial charge >= 0.3 is 0 Å². The molecular weight excluding hydrogens is 242 g/mol. The second-order valence-corrected chi connectivity index (χ2v) is 7.07. The van der Waals surface area contributed by atoms with Gasteiger partial charge in [-0.2, -0.15) is 0 Å². The zero-order valence-electron chi connectivity index (χ0n) is 11.9. The van der Waals surface area contributed by atoms with Crippen molar-refractivity contribution >= 4 is 17.3 Å². The standard InChI is InChI=1S/C16H24ClN/c1-11-8-13(10-16(3,4)9-11)18-14-7-5-6-12(2)15(14)17/h5-7,11,13,18H,8-10H2,1-4H3. The maximum Gasteiger partial charge on any atom is 0.0666 e. The molecule has 0 heterocycles. The van der Waals surface area contributed by atoms with Gasteiger partial charge < -0.3 is 5.32 Å². The van der Waals surface area contributed by atoms with Gasteiger partial charge in [0.2, 0.25) is 0 Å². The number of halogens is 1. The molecule has 0 radical (unpaired) electrons. The van der Waals surface area contributed by atoms with Crippen LogP contribution in [-0.4, -0.2) is 6.04 Å². The van der Waals surface area contributed by atoms with E-state index in [1.54, 1.807) is 0 Å². The first-order valence-corrected chi connectivity index (χ1v) is 7.27. The predicted octanol–water partition coefficient (Wildman–Crippen LogP) is 5.28. The first-order chi connectivity index (χ1) is 8.37. The molecular formula is C16H24ClN. The largest absolute Gasteiger partial charge is 0.381 e. The number of hydrogen-bond donors (Lipinski definition) is 1. The van der Waals surface area contributed by atoms with Gasteiger partial charge in [0, 0.05) is 6.04 Å². The third kappa shape index (κ3) is 3.20. The Morgan fingerprint density at radius 3 is 2.67 bits per heavy atom. The number of anilines is 1.